The van der Waals surface area contributed by atoms with Gasteiger partial charge in [0.05, 0.1) is 9.98 Å². The van der Waals surface area contributed by atoms with E-state index in [9.17, 15) is 4.79 Å². The van der Waals surface area contributed by atoms with E-state index >= 15 is 0 Å². The number of thiazole rings is 1. The van der Waals surface area contributed by atoms with Gasteiger partial charge in [-0.15, -0.1) is 11.6 Å². The van der Waals surface area contributed by atoms with Gasteiger partial charge >= 0.3 is 0 Å². The van der Waals surface area contributed by atoms with E-state index in [0.717, 1.165) is 9.35 Å². The average molecular weight is 332 g/mol. The fraction of sp³-hybridized carbons (Fsp3) is 0.0909. The topological polar surface area (TPSA) is 42.0 Å². The lowest BCUT2D eigenvalue weighted by molar-refractivity contribution is -0.116. The Kier molecular flexibility index (Phi) is 4.15. The first-order chi connectivity index (χ1) is 8.16. The molecule has 0 fully saturated rings. The number of nitrogens with zero attached hydrogens (tertiary/aromatic N) is 1. The van der Waals surface area contributed by atoms with Crippen LogP contribution < -0.4 is 5.32 Å². The molecule has 1 atom stereocenters. The molecule has 2 aromatic rings. The van der Waals surface area contributed by atoms with Crippen molar-refractivity contribution in [1.82, 2.24) is 4.98 Å². The summed E-state index contributed by atoms with van der Waals surface area (Å²) in [6, 6.07) is 9.20. The molecule has 0 spiro atoms. The van der Waals surface area contributed by atoms with Gasteiger partial charge in [-0.3, -0.25) is 4.79 Å². The number of rotatable bonds is 3. The Hall–Kier alpha value is -0.910. The number of hydrogen-bond acceptors (Lipinski definition) is 3. The Bertz CT molecular complexity index is 517. The molecule has 1 aromatic carbocycles. The summed E-state index contributed by atoms with van der Waals surface area (Å²) in [4.78, 5) is 15.8. The zero-order valence-electron chi connectivity index (χ0n) is 8.56. The van der Waals surface area contributed by atoms with Crippen molar-refractivity contribution in [3.05, 3.63) is 45.9 Å². The van der Waals surface area contributed by atoms with Crippen LogP contribution in [-0.2, 0) is 4.79 Å². The molecule has 0 saturated carbocycles. The second-order valence-electron chi connectivity index (χ2n) is 3.23. The van der Waals surface area contributed by atoms with Crippen molar-refractivity contribution in [2.24, 2.45) is 0 Å². The summed E-state index contributed by atoms with van der Waals surface area (Å²) in [7, 11) is 0. The largest absolute Gasteiger partial charge is 0.300 e. The highest BCUT2D eigenvalue weighted by molar-refractivity contribution is 9.11. The molecule has 2 rings (SSSR count). The van der Waals surface area contributed by atoms with Gasteiger partial charge in [-0.05, 0) is 21.5 Å². The summed E-state index contributed by atoms with van der Waals surface area (Å²) in [5.74, 6) is -0.278. The third-order valence-corrected chi connectivity index (χ3v) is 3.87. The molecule has 0 radical (unpaired) electrons. The minimum absolute atomic E-state index is 0.278. The SMILES string of the molecule is O=C(Nc1ncc(Br)s1)C(Cl)c1ccccc1. The molecule has 1 unspecified atom stereocenters. The van der Waals surface area contributed by atoms with Gasteiger partial charge in [-0.25, -0.2) is 4.98 Å². The van der Waals surface area contributed by atoms with Crippen molar-refractivity contribution in [2.75, 3.05) is 5.32 Å². The van der Waals surface area contributed by atoms with Gasteiger partial charge in [0.2, 0.25) is 5.91 Å². The van der Waals surface area contributed by atoms with E-state index in [2.05, 4.69) is 26.2 Å². The van der Waals surface area contributed by atoms with Gasteiger partial charge in [0.1, 0.15) is 5.38 Å². The molecule has 1 N–H and O–H groups in total. The highest BCUT2D eigenvalue weighted by Crippen LogP contribution is 2.26. The first-order valence-corrected chi connectivity index (χ1v) is 6.82. The van der Waals surface area contributed by atoms with Gasteiger partial charge in [-0.1, -0.05) is 41.7 Å². The van der Waals surface area contributed by atoms with Crippen molar-refractivity contribution in [2.45, 2.75) is 5.38 Å². The first kappa shape index (κ1) is 12.5. The maximum absolute atomic E-state index is 11.8. The van der Waals surface area contributed by atoms with E-state index in [0.29, 0.717) is 5.13 Å². The number of halogens is 2. The fourth-order valence-corrected chi connectivity index (χ4v) is 2.56. The summed E-state index contributed by atoms with van der Waals surface area (Å²) >= 11 is 10.7. The molecule has 1 heterocycles. The van der Waals surface area contributed by atoms with Crippen LogP contribution in [0.2, 0.25) is 0 Å². The zero-order chi connectivity index (χ0) is 12.3. The Morgan fingerprint density at radius 1 is 1.41 bits per heavy atom. The lowest BCUT2D eigenvalue weighted by Crippen LogP contribution is -2.17. The predicted molar refractivity (Wildman–Crippen MR) is 73.5 cm³/mol. The van der Waals surface area contributed by atoms with E-state index in [4.69, 9.17) is 11.6 Å². The fourth-order valence-electron chi connectivity index (χ4n) is 1.25. The summed E-state index contributed by atoms with van der Waals surface area (Å²) in [6.45, 7) is 0. The smallest absolute Gasteiger partial charge is 0.248 e. The highest BCUT2D eigenvalue weighted by atomic mass is 79.9. The maximum Gasteiger partial charge on any atom is 0.248 e. The molecule has 0 saturated heterocycles. The summed E-state index contributed by atoms with van der Waals surface area (Å²) < 4.78 is 0.860. The van der Waals surface area contributed by atoms with Crippen LogP contribution in [0.1, 0.15) is 10.9 Å². The lowest BCUT2D eigenvalue weighted by Gasteiger charge is -2.08. The summed E-state index contributed by atoms with van der Waals surface area (Å²) in [6.07, 6.45) is 1.63. The van der Waals surface area contributed by atoms with E-state index in [-0.39, 0.29) is 5.91 Å². The monoisotopic (exact) mass is 330 g/mol. The second kappa shape index (κ2) is 5.62. The molecule has 6 heteroatoms. The maximum atomic E-state index is 11.8. The van der Waals surface area contributed by atoms with Crippen molar-refractivity contribution in [3.8, 4) is 0 Å². The van der Waals surface area contributed by atoms with Crippen LogP contribution in [0, 0.1) is 0 Å². The van der Waals surface area contributed by atoms with E-state index < -0.39 is 5.38 Å². The van der Waals surface area contributed by atoms with E-state index in [1.165, 1.54) is 11.3 Å². The normalized spacial score (nSPS) is 12.1. The summed E-state index contributed by atoms with van der Waals surface area (Å²) in [5, 5.41) is 2.49. The van der Waals surface area contributed by atoms with Crippen molar-refractivity contribution in [1.29, 1.82) is 0 Å². The lowest BCUT2D eigenvalue weighted by atomic mass is 10.1. The molecular formula is C11H8BrClN2OS. The molecule has 0 bridgehead atoms. The average Bonchev–Trinajstić information content (AvgIpc) is 2.75. The minimum Gasteiger partial charge on any atom is -0.300 e. The number of carbonyl (C=O) groups is 1. The van der Waals surface area contributed by atoms with Gasteiger partial charge < -0.3 is 5.32 Å². The number of benzene rings is 1. The minimum atomic E-state index is -0.709. The Morgan fingerprint density at radius 3 is 2.71 bits per heavy atom. The number of aromatic nitrogens is 1. The van der Waals surface area contributed by atoms with Crippen LogP contribution in [0.5, 0.6) is 0 Å². The number of alkyl halides is 1. The van der Waals surface area contributed by atoms with E-state index in [1.54, 1.807) is 6.20 Å². The van der Waals surface area contributed by atoms with Crippen LogP contribution in [0.3, 0.4) is 0 Å². The van der Waals surface area contributed by atoms with Crippen LogP contribution in [0.15, 0.2) is 40.3 Å². The van der Waals surface area contributed by atoms with Gasteiger partial charge in [-0.2, -0.15) is 0 Å². The molecule has 0 aliphatic rings. The first-order valence-electron chi connectivity index (χ1n) is 4.78. The van der Waals surface area contributed by atoms with E-state index in [1.807, 2.05) is 30.3 Å². The number of carbonyl (C=O) groups excluding carboxylic acids is 1. The second-order valence-corrected chi connectivity index (χ2v) is 6.08. The van der Waals surface area contributed by atoms with Crippen molar-refractivity contribution < 1.29 is 4.79 Å². The Balaban J connectivity index is 2.06. The van der Waals surface area contributed by atoms with Crippen molar-refractivity contribution in [3.63, 3.8) is 0 Å². The van der Waals surface area contributed by atoms with Crippen LogP contribution in [-0.4, -0.2) is 10.9 Å². The number of nitrogens with one attached hydrogen (secondary N) is 1. The quantitative estimate of drug-likeness (QED) is 0.869. The standard InChI is InChI=1S/C11H8BrClN2OS/c12-8-6-14-11(17-8)15-10(16)9(13)7-4-2-1-3-5-7/h1-6,9H,(H,14,15,16). The van der Waals surface area contributed by atoms with Gasteiger partial charge in [0.15, 0.2) is 5.13 Å². The molecule has 0 aliphatic carbocycles. The predicted octanol–water partition coefficient (Wildman–Crippen LogP) is 3.82. The third-order valence-electron chi connectivity index (χ3n) is 2.03. The molecule has 3 nitrogen and oxygen atoms in total. The molecule has 88 valence electrons. The third kappa shape index (κ3) is 3.28. The van der Waals surface area contributed by atoms with Crippen LogP contribution in [0.4, 0.5) is 5.13 Å². The van der Waals surface area contributed by atoms with Crippen LogP contribution >= 0.6 is 38.9 Å². The molecule has 1 aromatic heterocycles. The highest BCUT2D eigenvalue weighted by Gasteiger charge is 2.18. The van der Waals surface area contributed by atoms with Gasteiger partial charge in [0, 0.05) is 0 Å². The Morgan fingerprint density at radius 2 is 2.12 bits per heavy atom. The number of hydrogen-bond donors (Lipinski definition) is 1. The number of anilines is 1. The van der Waals surface area contributed by atoms with Gasteiger partial charge in [0.25, 0.3) is 0 Å². The zero-order valence-corrected chi connectivity index (χ0v) is 11.7. The number of amides is 1. The molecule has 1 amide bonds. The molecule has 17 heavy (non-hydrogen) atoms. The summed E-state index contributed by atoms with van der Waals surface area (Å²) in [5.41, 5.74) is 0.766. The molecule has 0 aliphatic heterocycles. The molecular weight excluding hydrogens is 324 g/mol. The van der Waals surface area contributed by atoms with Crippen LogP contribution in [0.25, 0.3) is 0 Å². The van der Waals surface area contributed by atoms with Crippen molar-refractivity contribution >= 4 is 49.9 Å². The Labute approximate surface area is 116 Å².